The molecule has 1 unspecified atom stereocenters. The highest BCUT2D eigenvalue weighted by molar-refractivity contribution is 7.46. The average molecular weight is 231 g/mol. The first kappa shape index (κ1) is 15.9. The van der Waals surface area contributed by atoms with Crippen molar-refractivity contribution < 1.29 is 34.2 Å². The van der Waals surface area contributed by atoms with Gasteiger partial charge in [0.2, 0.25) is 0 Å². The Morgan fingerprint density at radius 1 is 1.43 bits per heavy atom. The van der Waals surface area contributed by atoms with E-state index in [2.05, 4.69) is 4.67 Å². The summed E-state index contributed by atoms with van der Waals surface area (Å²) in [5.74, 6) is -0.782. The lowest BCUT2D eigenvalue weighted by molar-refractivity contribution is -0.158. The molecule has 0 aliphatic heterocycles. The van der Waals surface area contributed by atoms with Gasteiger partial charge < -0.3 is 14.9 Å². The number of carbonyl (C=O) groups is 1. The standard InChI is InChI=1S/C5H11NO2.H3O5P/c1-4(5(7)8)6(2)3;1-5-6(2,3)4/h4H,1-3H3,(H,7,8);1H,(H2,2,3,4). The third-order valence-electron chi connectivity index (χ3n) is 1.24. The van der Waals surface area contributed by atoms with E-state index < -0.39 is 13.8 Å². The fourth-order valence-corrected chi connectivity index (χ4v) is 0.221. The van der Waals surface area contributed by atoms with Crippen molar-refractivity contribution >= 4 is 13.8 Å². The van der Waals surface area contributed by atoms with Gasteiger partial charge in [-0.2, -0.15) is 0 Å². The van der Waals surface area contributed by atoms with Crippen LogP contribution in [0, 0.1) is 0 Å². The van der Waals surface area contributed by atoms with Gasteiger partial charge in [-0.1, -0.05) is 0 Å². The highest BCUT2D eigenvalue weighted by Crippen LogP contribution is 2.33. The molecule has 0 heterocycles. The Hall–Kier alpha value is -0.500. The van der Waals surface area contributed by atoms with Crippen molar-refractivity contribution in [2.75, 3.05) is 14.1 Å². The Bertz CT molecular complexity index is 212. The largest absolute Gasteiger partial charge is 0.496 e. The van der Waals surface area contributed by atoms with Crippen molar-refractivity contribution in [2.24, 2.45) is 0 Å². The molecule has 0 fully saturated rings. The maximum absolute atomic E-state index is 10.1. The average Bonchev–Trinajstić information content (AvgIpc) is 2.02. The molecule has 0 saturated heterocycles. The van der Waals surface area contributed by atoms with Crippen LogP contribution in [0.3, 0.4) is 0 Å². The van der Waals surface area contributed by atoms with Crippen molar-refractivity contribution in [2.45, 2.75) is 13.0 Å². The molecule has 14 heavy (non-hydrogen) atoms. The first-order chi connectivity index (χ1) is 6.11. The van der Waals surface area contributed by atoms with Gasteiger partial charge in [-0.25, -0.2) is 9.82 Å². The zero-order chi connectivity index (χ0) is 11.9. The van der Waals surface area contributed by atoms with Gasteiger partial charge in [0.25, 0.3) is 0 Å². The first-order valence-corrected chi connectivity index (χ1v) is 4.92. The molecule has 0 aliphatic carbocycles. The minimum Gasteiger partial charge on any atom is -0.480 e. The number of hydrogen-bond donors (Lipinski definition) is 4. The molecule has 8 nitrogen and oxygen atoms in total. The van der Waals surface area contributed by atoms with Crippen LogP contribution in [0.15, 0.2) is 0 Å². The highest BCUT2D eigenvalue weighted by atomic mass is 31.2. The van der Waals surface area contributed by atoms with Gasteiger partial charge in [0.1, 0.15) is 6.04 Å². The number of phosphoric acid groups is 1. The molecule has 0 rings (SSSR count). The second kappa shape index (κ2) is 6.88. The quantitative estimate of drug-likeness (QED) is 0.293. The topological polar surface area (TPSA) is 128 Å². The number of aliphatic carboxylic acids is 1. The van der Waals surface area contributed by atoms with Crippen LogP contribution < -0.4 is 0 Å². The number of carboxylic acids is 1. The first-order valence-electron chi connectivity index (χ1n) is 3.39. The molecule has 1 atom stereocenters. The Kier molecular flexibility index (Phi) is 7.84. The summed E-state index contributed by atoms with van der Waals surface area (Å²) >= 11 is 0. The molecular formula is C5H14NO7P. The second-order valence-corrected chi connectivity index (χ2v) is 3.69. The van der Waals surface area contributed by atoms with Gasteiger partial charge in [-0.15, -0.1) is 4.67 Å². The van der Waals surface area contributed by atoms with E-state index in [0.29, 0.717) is 0 Å². The monoisotopic (exact) mass is 231 g/mol. The molecular weight excluding hydrogens is 217 g/mol. The third kappa shape index (κ3) is 11.5. The van der Waals surface area contributed by atoms with E-state index in [1.54, 1.807) is 25.9 Å². The van der Waals surface area contributed by atoms with Gasteiger partial charge in [0, 0.05) is 0 Å². The van der Waals surface area contributed by atoms with Crippen molar-refractivity contribution in [1.82, 2.24) is 4.90 Å². The van der Waals surface area contributed by atoms with E-state index in [0.717, 1.165) is 0 Å². The van der Waals surface area contributed by atoms with Crippen LogP contribution in [-0.4, -0.2) is 51.2 Å². The lowest BCUT2D eigenvalue weighted by atomic mass is 10.3. The summed E-state index contributed by atoms with van der Waals surface area (Å²) < 4.78 is 11.8. The zero-order valence-corrected chi connectivity index (χ0v) is 8.88. The predicted octanol–water partition coefficient (Wildman–Crippen LogP) is -0.410. The van der Waals surface area contributed by atoms with Crippen molar-refractivity contribution in [3.63, 3.8) is 0 Å². The molecule has 0 saturated carbocycles. The lowest BCUT2D eigenvalue weighted by Crippen LogP contribution is -2.32. The van der Waals surface area contributed by atoms with Gasteiger partial charge in [-0.05, 0) is 21.0 Å². The third-order valence-corrected chi connectivity index (χ3v) is 1.45. The molecule has 86 valence electrons. The van der Waals surface area contributed by atoms with Crippen LogP contribution in [-0.2, 0) is 14.0 Å². The van der Waals surface area contributed by atoms with E-state index in [9.17, 15) is 9.36 Å². The molecule has 0 aromatic heterocycles. The number of hydrogen-bond acceptors (Lipinski definition) is 5. The maximum atomic E-state index is 10.1. The van der Waals surface area contributed by atoms with Crippen LogP contribution in [0.5, 0.6) is 0 Å². The van der Waals surface area contributed by atoms with Gasteiger partial charge in [0.05, 0.1) is 0 Å². The predicted molar refractivity (Wildman–Crippen MR) is 46.5 cm³/mol. The second-order valence-electron chi connectivity index (χ2n) is 2.55. The smallest absolute Gasteiger partial charge is 0.480 e. The van der Waals surface area contributed by atoms with Crippen molar-refractivity contribution in [3.8, 4) is 0 Å². The number of likely N-dealkylation sites (N-methyl/N-ethyl adjacent to an activating group) is 1. The van der Waals surface area contributed by atoms with E-state index >= 15 is 0 Å². The Labute approximate surface area is 80.9 Å². The Morgan fingerprint density at radius 2 is 1.71 bits per heavy atom. The van der Waals surface area contributed by atoms with Gasteiger partial charge >= 0.3 is 13.8 Å². The van der Waals surface area contributed by atoms with Crippen LogP contribution >= 0.6 is 7.82 Å². The van der Waals surface area contributed by atoms with Crippen LogP contribution in [0.4, 0.5) is 0 Å². The lowest BCUT2D eigenvalue weighted by Gasteiger charge is -2.13. The summed E-state index contributed by atoms with van der Waals surface area (Å²) in [7, 11) is -1.12. The Balaban J connectivity index is 0. The van der Waals surface area contributed by atoms with Crippen LogP contribution in [0.25, 0.3) is 0 Å². The van der Waals surface area contributed by atoms with E-state index in [1.807, 2.05) is 0 Å². The van der Waals surface area contributed by atoms with Crippen molar-refractivity contribution in [1.29, 1.82) is 0 Å². The summed E-state index contributed by atoms with van der Waals surface area (Å²) in [5.41, 5.74) is 0. The van der Waals surface area contributed by atoms with E-state index in [-0.39, 0.29) is 6.04 Å². The van der Waals surface area contributed by atoms with Crippen molar-refractivity contribution in [3.05, 3.63) is 0 Å². The number of carboxylic acid groups (broad SMARTS) is 1. The number of rotatable bonds is 3. The molecule has 0 bridgehead atoms. The molecule has 0 amide bonds. The SMILES string of the molecule is CC(C(=O)O)N(C)C.O=P(O)(O)OO. The maximum Gasteiger partial charge on any atom is 0.496 e. The van der Waals surface area contributed by atoms with Gasteiger partial charge in [0.15, 0.2) is 0 Å². The normalized spacial score (nSPS) is 13.1. The molecule has 0 aromatic rings. The molecule has 0 radical (unpaired) electrons. The molecule has 0 aliphatic rings. The Morgan fingerprint density at radius 3 is 1.71 bits per heavy atom. The summed E-state index contributed by atoms with van der Waals surface area (Å²) in [6.07, 6.45) is 0. The van der Waals surface area contributed by atoms with Gasteiger partial charge in [-0.3, -0.25) is 9.69 Å². The summed E-state index contributed by atoms with van der Waals surface area (Å²) in [6, 6.07) is -0.380. The molecule has 4 N–H and O–H groups in total. The molecule has 0 aromatic carbocycles. The number of nitrogens with zero attached hydrogens (tertiary/aromatic N) is 1. The van der Waals surface area contributed by atoms with E-state index in [4.69, 9.17) is 20.2 Å². The summed E-state index contributed by atoms with van der Waals surface area (Å²) in [6.45, 7) is 1.64. The minimum absolute atomic E-state index is 0.380. The van der Waals surface area contributed by atoms with E-state index in [1.165, 1.54) is 0 Å². The molecule has 0 spiro atoms. The fourth-order valence-electron chi connectivity index (χ4n) is 0.221. The zero-order valence-electron chi connectivity index (χ0n) is 7.99. The minimum atomic E-state index is -4.59. The van der Waals surface area contributed by atoms with Crippen LogP contribution in [0.2, 0.25) is 0 Å². The highest BCUT2D eigenvalue weighted by Gasteiger charge is 2.11. The summed E-state index contributed by atoms with van der Waals surface area (Å²) in [5, 5.41) is 15.5. The van der Waals surface area contributed by atoms with Crippen LogP contribution in [0.1, 0.15) is 6.92 Å². The molecule has 9 heteroatoms. The summed E-state index contributed by atoms with van der Waals surface area (Å²) in [4.78, 5) is 26.7. The fraction of sp³-hybridized carbons (Fsp3) is 0.800.